The number of carbonyl (C=O) groups is 3. The molecule has 0 unspecified atom stereocenters. The van der Waals surface area contributed by atoms with Crippen LogP contribution in [0.25, 0.3) is 0 Å². The molecule has 1 saturated carbocycles. The fourth-order valence-electron chi connectivity index (χ4n) is 4.07. The van der Waals surface area contributed by atoms with E-state index in [-0.39, 0.29) is 35.6 Å². The molecule has 0 spiro atoms. The van der Waals surface area contributed by atoms with Crippen molar-refractivity contribution in [2.24, 2.45) is 11.8 Å². The standard InChI is InChI=1S/C20H27N3O4/c24-18(14-3-8-22(9-4-14)19(25)15-1-2-15)21-17-5-10-23(11-6-17)20(26)16-7-12-27-13-16/h7,12-15,17H,1-6,8-11H2,(H,21,24). The Morgan fingerprint density at radius 2 is 1.56 bits per heavy atom. The fraction of sp³-hybridized carbons (Fsp3) is 0.650. The summed E-state index contributed by atoms with van der Waals surface area (Å²) in [7, 11) is 0. The van der Waals surface area contributed by atoms with Gasteiger partial charge in [0.1, 0.15) is 6.26 Å². The monoisotopic (exact) mass is 373 g/mol. The Labute approximate surface area is 159 Å². The highest BCUT2D eigenvalue weighted by Gasteiger charge is 2.36. The maximum Gasteiger partial charge on any atom is 0.257 e. The number of rotatable bonds is 4. The summed E-state index contributed by atoms with van der Waals surface area (Å²) < 4.78 is 4.98. The molecule has 0 bridgehead atoms. The molecule has 3 heterocycles. The van der Waals surface area contributed by atoms with Crippen molar-refractivity contribution >= 4 is 17.7 Å². The second kappa shape index (κ2) is 7.74. The first-order valence-corrected chi connectivity index (χ1v) is 10.0. The highest BCUT2D eigenvalue weighted by molar-refractivity contribution is 5.93. The molecular weight excluding hydrogens is 346 g/mol. The van der Waals surface area contributed by atoms with Crippen LogP contribution < -0.4 is 5.32 Å². The van der Waals surface area contributed by atoms with Gasteiger partial charge in [0.05, 0.1) is 11.8 Å². The van der Waals surface area contributed by atoms with Gasteiger partial charge in [-0.1, -0.05) is 0 Å². The average Bonchev–Trinajstić information content (AvgIpc) is 3.41. The second-order valence-electron chi connectivity index (χ2n) is 7.96. The van der Waals surface area contributed by atoms with Crippen molar-refractivity contribution in [3.63, 3.8) is 0 Å². The van der Waals surface area contributed by atoms with Gasteiger partial charge in [-0.25, -0.2) is 0 Å². The molecule has 2 aliphatic heterocycles. The zero-order valence-electron chi connectivity index (χ0n) is 15.6. The Bertz CT molecular complexity index is 682. The number of likely N-dealkylation sites (tertiary alicyclic amines) is 2. The first-order valence-electron chi connectivity index (χ1n) is 10.0. The lowest BCUT2D eigenvalue weighted by Crippen LogP contribution is -2.49. The quantitative estimate of drug-likeness (QED) is 0.870. The highest BCUT2D eigenvalue weighted by Crippen LogP contribution is 2.32. The molecule has 1 N–H and O–H groups in total. The van der Waals surface area contributed by atoms with Gasteiger partial charge in [-0.2, -0.15) is 0 Å². The number of amides is 3. The smallest absolute Gasteiger partial charge is 0.257 e. The molecule has 3 amide bonds. The summed E-state index contributed by atoms with van der Waals surface area (Å²) >= 11 is 0. The van der Waals surface area contributed by atoms with E-state index in [1.54, 1.807) is 6.07 Å². The number of hydrogen-bond donors (Lipinski definition) is 1. The first-order chi connectivity index (χ1) is 13.1. The van der Waals surface area contributed by atoms with E-state index in [1.165, 1.54) is 12.5 Å². The molecule has 1 aromatic heterocycles. The van der Waals surface area contributed by atoms with Crippen molar-refractivity contribution in [1.29, 1.82) is 0 Å². The van der Waals surface area contributed by atoms with E-state index >= 15 is 0 Å². The summed E-state index contributed by atoms with van der Waals surface area (Å²) in [6.07, 6.45) is 8.08. The van der Waals surface area contributed by atoms with Crippen molar-refractivity contribution in [2.75, 3.05) is 26.2 Å². The van der Waals surface area contributed by atoms with Crippen LogP contribution >= 0.6 is 0 Å². The van der Waals surface area contributed by atoms with Gasteiger partial charge in [-0.3, -0.25) is 14.4 Å². The van der Waals surface area contributed by atoms with Gasteiger partial charge in [-0.15, -0.1) is 0 Å². The molecule has 4 rings (SSSR count). The Balaban J connectivity index is 1.19. The van der Waals surface area contributed by atoms with Crippen LogP contribution in [-0.4, -0.2) is 59.7 Å². The highest BCUT2D eigenvalue weighted by atomic mass is 16.3. The molecule has 7 nitrogen and oxygen atoms in total. The van der Waals surface area contributed by atoms with Crippen LogP contribution in [0, 0.1) is 11.8 Å². The Kier molecular flexibility index (Phi) is 5.18. The molecule has 0 aromatic carbocycles. The molecule has 1 aliphatic carbocycles. The summed E-state index contributed by atoms with van der Waals surface area (Å²) in [4.78, 5) is 40.8. The van der Waals surface area contributed by atoms with Gasteiger partial charge in [0.25, 0.3) is 5.91 Å². The van der Waals surface area contributed by atoms with E-state index in [0.29, 0.717) is 31.7 Å². The van der Waals surface area contributed by atoms with E-state index in [2.05, 4.69) is 5.32 Å². The van der Waals surface area contributed by atoms with Crippen LogP contribution in [0.4, 0.5) is 0 Å². The van der Waals surface area contributed by atoms with Crippen molar-refractivity contribution in [1.82, 2.24) is 15.1 Å². The molecule has 2 saturated heterocycles. The van der Waals surface area contributed by atoms with Crippen molar-refractivity contribution < 1.29 is 18.8 Å². The van der Waals surface area contributed by atoms with Gasteiger partial charge < -0.3 is 19.5 Å². The predicted molar refractivity (Wildman–Crippen MR) is 97.8 cm³/mol. The third-order valence-corrected chi connectivity index (χ3v) is 6.00. The summed E-state index contributed by atoms with van der Waals surface area (Å²) in [5.74, 6) is 0.627. The van der Waals surface area contributed by atoms with E-state index in [9.17, 15) is 14.4 Å². The SMILES string of the molecule is O=C(NC1CCN(C(=O)c2ccoc2)CC1)C1CCN(C(=O)C2CC2)CC1. The minimum Gasteiger partial charge on any atom is -0.472 e. The number of hydrogen-bond acceptors (Lipinski definition) is 4. The number of nitrogens with one attached hydrogen (secondary N) is 1. The first kappa shape index (κ1) is 18.1. The van der Waals surface area contributed by atoms with Gasteiger partial charge in [0.2, 0.25) is 11.8 Å². The lowest BCUT2D eigenvalue weighted by molar-refractivity contribution is -0.136. The average molecular weight is 373 g/mol. The largest absolute Gasteiger partial charge is 0.472 e. The fourth-order valence-corrected chi connectivity index (χ4v) is 4.07. The molecule has 0 radical (unpaired) electrons. The van der Waals surface area contributed by atoms with Crippen molar-refractivity contribution in [3.05, 3.63) is 24.2 Å². The summed E-state index contributed by atoms with van der Waals surface area (Å²) in [5, 5.41) is 3.16. The summed E-state index contributed by atoms with van der Waals surface area (Å²) in [6, 6.07) is 1.80. The van der Waals surface area contributed by atoms with Crippen molar-refractivity contribution in [2.45, 2.75) is 44.6 Å². The zero-order valence-corrected chi connectivity index (χ0v) is 15.6. The summed E-state index contributed by atoms with van der Waals surface area (Å²) in [6.45, 7) is 2.68. The van der Waals surface area contributed by atoms with Crippen molar-refractivity contribution in [3.8, 4) is 0 Å². The van der Waals surface area contributed by atoms with Gasteiger partial charge in [0.15, 0.2) is 0 Å². The summed E-state index contributed by atoms with van der Waals surface area (Å²) in [5.41, 5.74) is 0.574. The molecule has 27 heavy (non-hydrogen) atoms. The van der Waals surface area contributed by atoms with E-state index in [4.69, 9.17) is 4.42 Å². The maximum atomic E-state index is 12.6. The molecular formula is C20H27N3O4. The van der Waals surface area contributed by atoms with Crippen LogP contribution in [-0.2, 0) is 9.59 Å². The number of piperidine rings is 2. The molecule has 3 fully saturated rings. The topological polar surface area (TPSA) is 82.9 Å². The Morgan fingerprint density at radius 1 is 0.889 bits per heavy atom. The van der Waals surface area contributed by atoms with E-state index < -0.39 is 0 Å². The van der Waals surface area contributed by atoms with Gasteiger partial charge in [-0.05, 0) is 44.6 Å². The molecule has 1 aromatic rings. The van der Waals surface area contributed by atoms with Gasteiger partial charge >= 0.3 is 0 Å². The number of furan rings is 1. The van der Waals surface area contributed by atoms with Crippen LogP contribution in [0.15, 0.2) is 23.0 Å². The molecule has 7 heteroatoms. The Morgan fingerprint density at radius 3 is 2.15 bits per heavy atom. The van der Waals surface area contributed by atoms with Crippen LogP contribution in [0.2, 0.25) is 0 Å². The zero-order chi connectivity index (χ0) is 18.8. The number of carbonyl (C=O) groups excluding carboxylic acids is 3. The molecule has 0 atom stereocenters. The minimum absolute atomic E-state index is 0.00107. The second-order valence-corrected chi connectivity index (χ2v) is 7.96. The van der Waals surface area contributed by atoms with Crippen LogP contribution in [0.1, 0.15) is 48.9 Å². The molecule has 146 valence electrons. The van der Waals surface area contributed by atoms with Crippen LogP contribution in [0.5, 0.6) is 0 Å². The lowest BCUT2D eigenvalue weighted by Gasteiger charge is -2.35. The van der Waals surface area contributed by atoms with Gasteiger partial charge in [0, 0.05) is 44.1 Å². The van der Waals surface area contributed by atoms with E-state index in [0.717, 1.165) is 38.5 Å². The third-order valence-electron chi connectivity index (χ3n) is 6.00. The maximum absolute atomic E-state index is 12.6. The lowest BCUT2D eigenvalue weighted by atomic mass is 9.94. The third kappa shape index (κ3) is 4.17. The normalized spacial score (nSPS) is 21.9. The van der Waals surface area contributed by atoms with Crippen LogP contribution in [0.3, 0.4) is 0 Å². The Hall–Kier alpha value is -2.31. The minimum atomic E-state index is -0.0128. The number of nitrogens with zero attached hydrogens (tertiary/aromatic N) is 2. The predicted octanol–water partition coefficient (Wildman–Crippen LogP) is 1.65. The molecule has 3 aliphatic rings. The van der Waals surface area contributed by atoms with E-state index in [1.807, 2.05) is 9.80 Å².